The normalized spacial score (nSPS) is 16.9. The number of amides is 1. The standard InChI is InChI=1S/C13H21ClN4O/c1-4-16-5-7-17(8-6-16)12(19)9-18-11(3)13(14)10(2)15-18/h4-9H2,1-3H3. The number of piperazine rings is 1. The third kappa shape index (κ3) is 3.09. The first-order valence-corrected chi connectivity index (χ1v) is 7.10. The fourth-order valence-electron chi connectivity index (χ4n) is 2.37. The lowest BCUT2D eigenvalue weighted by molar-refractivity contribution is -0.133. The maximum atomic E-state index is 12.2. The molecule has 0 atom stereocenters. The molecule has 5 nitrogen and oxygen atoms in total. The second-order valence-electron chi connectivity index (χ2n) is 4.96. The molecule has 0 unspecified atom stereocenters. The number of carbonyl (C=O) groups is 1. The van der Waals surface area contributed by atoms with Gasteiger partial charge in [0.05, 0.1) is 16.4 Å². The first kappa shape index (κ1) is 14.3. The maximum absolute atomic E-state index is 12.2. The van der Waals surface area contributed by atoms with Crippen LogP contribution in [0.15, 0.2) is 0 Å². The third-order valence-corrected chi connectivity index (χ3v) is 4.30. The minimum Gasteiger partial charge on any atom is -0.339 e. The van der Waals surface area contributed by atoms with E-state index in [1.54, 1.807) is 4.68 Å². The van der Waals surface area contributed by atoms with Gasteiger partial charge < -0.3 is 9.80 Å². The van der Waals surface area contributed by atoms with E-state index in [2.05, 4.69) is 16.9 Å². The summed E-state index contributed by atoms with van der Waals surface area (Å²) in [5.74, 6) is 0.123. The van der Waals surface area contributed by atoms with Gasteiger partial charge in [-0.05, 0) is 20.4 Å². The van der Waals surface area contributed by atoms with E-state index in [1.165, 1.54) is 0 Å². The van der Waals surface area contributed by atoms with E-state index < -0.39 is 0 Å². The van der Waals surface area contributed by atoms with E-state index in [-0.39, 0.29) is 12.5 Å². The molecule has 0 spiro atoms. The average Bonchev–Trinajstić information content (AvgIpc) is 2.66. The SMILES string of the molecule is CCN1CCN(C(=O)Cn2nc(C)c(Cl)c2C)CC1. The van der Waals surface area contributed by atoms with Gasteiger partial charge in [-0.3, -0.25) is 9.48 Å². The highest BCUT2D eigenvalue weighted by atomic mass is 35.5. The van der Waals surface area contributed by atoms with Crippen molar-refractivity contribution in [1.82, 2.24) is 19.6 Å². The highest BCUT2D eigenvalue weighted by Crippen LogP contribution is 2.19. The van der Waals surface area contributed by atoms with Crippen molar-refractivity contribution in [3.05, 3.63) is 16.4 Å². The van der Waals surface area contributed by atoms with Crippen LogP contribution in [0.1, 0.15) is 18.3 Å². The maximum Gasteiger partial charge on any atom is 0.244 e. The molecule has 1 aliphatic rings. The summed E-state index contributed by atoms with van der Waals surface area (Å²) >= 11 is 6.09. The van der Waals surface area contributed by atoms with Gasteiger partial charge in [0.25, 0.3) is 0 Å². The monoisotopic (exact) mass is 284 g/mol. The summed E-state index contributed by atoms with van der Waals surface area (Å²) < 4.78 is 1.70. The number of carbonyl (C=O) groups excluding carboxylic acids is 1. The van der Waals surface area contributed by atoms with Crippen LogP contribution in [0.4, 0.5) is 0 Å². The molecule has 1 aromatic heterocycles. The summed E-state index contributed by atoms with van der Waals surface area (Å²) in [7, 11) is 0. The lowest BCUT2D eigenvalue weighted by Gasteiger charge is -2.34. The Morgan fingerprint density at radius 2 is 1.89 bits per heavy atom. The molecule has 0 radical (unpaired) electrons. The Morgan fingerprint density at radius 3 is 2.37 bits per heavy atom. The molecular formula is C13H21ClN4O. The summed E-state index contributed by atoms with van der Waals surface area (Å²) in [6, 6.07) is 0. The van der Waals surface area contributed by atoms with Crippen LogP contribution in [0.25, 0.3) is 0 Å². The fourth-order valence-corrected chi connectivity index (χ4v) is 2.51. The van der Waals surface area contributed by atoms with Crippen molar-refractivity contribution in [2.45, 2.75) is 27.3 Å². The zero-order chi connectivity index (χ0) is 14.0. The van der Waals surface area contributed by atoms with Crippen LogP contribution in [0, 0.1) is 13.8 Å². The van der Waals surface area contributed by atoms with Crippen molar-refractivity contribution < 1.29 is 4.79 Å². The lowest BCUT2D eigenvalue weighted by Crippen LogP contribution is -2.49. The van der Waals surface area contributed by atoms with Gasteiger partial charge in [-0.25, -0.2) is 0 Å². The van der Waals surface area contributed by atoms with Crippen molar-refractivity contribution in [3.63, 3.8) is 0 Å². The minimum absolute atomic E-state index is 0.123. The highest BCUT2D eigenvalue weighted by Gasteiger charge is 2.21. The molecule has 2 heterocycles. The molecule has 1 amide bonds. The molecule has 0 bridgehead atoms. The summed E-state index contributed by atoms with van der Waals surface area (Å²) in [5.41, 5.74) is 1.64. The van der Waals surface area contributed by atoms with E-state index in [0.29, 0.717) is 5.02 Å². The molecule has 1 aromatic rings. The number of aryl methyl sites for hydroxylation is 1. The quantitative estimate of drug-likeness (QED) is 0.841. The largest absolute Gasteiger partial charge is 0.339 e. The summed E-state index contributed by atoms with van der Waals surface area (Å²) in [5, 5.41) is 4.96. The summed E-state index contributed by atoms with van der Waals surface area (Å²) in [4.78, 5) is 16.5. The van der Waals surface area contributed by atoms with E-state index in [4.69, 9.17) is 11.6 Å². The Kier molecular flexibility index (Phi) is 4.47. The molecule has 1 fully saturated rings. The van der Waals surface area contributed by atoms with Gasteiger partial charge >= 0.3 is 0 Å². The second-order valence-corrected chi connectivity index (χ2v) is 5.34. The van der Waals surface area contributed by atoms with Crippen molar-refractivity contribution in [2.75, 3.05) is 32.7 Å². The van der Waals surface area contributed by atoms with Crippen molar-refractivity contribution in [3.8, 4) is 0 Å². The molecule has 2 rings (SSSR count). The second kappa shape index (κ2) is 5.92. The molecular weight excluding hydrogens is 264 g/mol. The molecule has 1 saturated heterocycles. The van der Waals surface area contributed by atoms with Gasteiger partial charge in [0, 0.05) is 26.2 Å². The van der Waals surface area contributed by atoms with Crippen LogP contribution in [0.5, 0.6) is 0 Å². The summed E-state index contributed by atoms with van der Waals surface area (Å²) in [6.07, 6.45) is 0. The number of likely N-dealkylation sites (N-methyl/N-ethyl adjacent to an activating group) is 1. The van der Waals surface area contributed by atoms with Crippen LogP contribution in [0.2, 0.25) is 5.02 Å². The van der Waals surface area contributed by atoms with Crippen molar-refractivity contribution in [1.29, 1.82) is 0 Å². The molecule has 0 N–H and O–H groups in total. The molecule has 0 aromatic carbocycles. The number of hydrogen-bond acceptors (Lipinski definition) is 3. The number of halogens is 1. The highest BCUT2D eigenvalue weighted by molar-refractivity contribution is 6.31. The Hall–Kier alpha value is -1.07. The van der Waals surface area contributed by atoms with Gasteiger partial charge in [-0.1, -0.05) is 18.5 Å². The fraction of sp³-hybridized carbons (Fsp3) is 0.692. The molecule has 6 heteroatoms. The van der Waals surface area contributed by atoms with Gasteiger partial charge in [0.15, 0.2) is 0 Å². The Bertz CT molecular complexity index is 463. The first-order chi connectivity index (χ1) is 9.02. The molecule has 1 aliphatic heterocycles. The molecule has 0 aliphatic carbocycles. The lowest BCUT2D eigenvalue weighted by atomic mass is 10.3. The van der Waals surface area contributed by atoms with E-state index >= 15 is 0 Å². The van der Waals surface area contributed by atoms with Crippen molar-refractivity contribution >= 4 is 17.5 Å². The van der Waals surface area contributed by atoms with Crippen LogP contribution in [0.3, 0.4) is 0 Å². The molecule has 19 heavy (non-hydrogen) atoms. The summed E-state index contributed by atoms with van der Waals surface area (Å²) in [6.45, 7) is 10.8. The number of nitrogens with zero attached hydrogens (tertiary/aromatic N) is 4. The van der Waals surface area contributed by atoms with Crippen LogP contribution < -0.4 is 0 Å². The first-order valence-electron chi connectivity index (χ1n) is 6.72. The van der Waals surface area contributed by atoms with E-state index in [1.807, 2.05) is 18.7 Å². The van der Waals surface area contributed by atoms with Gasteiger partial charge in [-0.2, -0.15) is 5.10 Å². The van der Waals surface area contributed by atoms with Gasteiger partial charge in [0.2, 0.25) is 5.91 Å². The zero-order valence-electron chi connectivity index (χ0n) is 11.8. The van der Waals surface area contributed by atoms with E-state index in [0.717, 1.165) is 44.1 Å². The van der Waals surface area contributed by atoms with Crippen molar-refractivity contribution in [2.24, 2.45) is 0 Å². The zero-order valence-corrected chi connectivity index (χ0v) is 12.6. The van der Waals surface area contributed by atoms with E-state index in [9.17, 15) is 4.79 Å². The van der Waals surface area contributed by atoms with Crippen LogP contribution in [-0.4, -0.2) is 58.2 Å². The Balaban J connectivity index is 1.96. The van der Waals surface area contributed by atoms with Crippen LogP contribution >= 0.6 is 11.6 Å². The topological polar surface area (TPSA) is 41.4 Å². The number of aromatic nitrogens is 2. The smallest absolute Gasteiger partial charge is 0.244 e. The van der Waals surface area contributed by atoms with Gasteiger partial charge in [0.1, 0.15) is 6.54 Å². The Morgan fingerprint density at radius 1 is 1.26 bits per heavy atom. The minimum atomic E-state index is 0.123. The Labute approximate surface area is 119 Å². The predicted octanol–water partition coefficient (Wildman–Crippen LogP) is 1.32. The average molecular weight is 285 g/mol. The van der Waals surface area contributed by atoms with Crippen LogP contribution in [-0.2, 0) is 11.3 Å². The third-order valence-electron chi connectivity index (χ3n) is 3.75. The van der Waals surface area contributed by atoms with Gasteiger partial charge in [-0.15, -0.1) is 0 Å². The predicted molar refractivity (Wildman–Crippen MR) is 75.4 cm³/mol. The molecule has 0 saturated carbocycles. The number of rotatable bonds is 3. The number of hydrogen-bond donors (Lipinski definition) is 0. The molecule has 106 valence electrons.